The van der Waals surface area contributed by atoms with E-state index >= 15 is 0 Å². The first-order chi connectivity index (χ1) is 9.61. The quantitative estimate of drug-likeness (QED) is 0.328. The topological polar surface area (TPSA) is 52.5 Å². The maximum Gasteiger partial charge on any atom is 0.174 e. The molecule has 0 aliphatic rings. The third-order valence-electron chi connectivity index (χ3n) is 3.52. The van der Waals surface area contributed by atoms with Crippen LogP contribution in [-0.2, 0) is 6.42 Å². The first kappa shape index (κ1) is 17.2. The molecule has 3 nitrogen and oxygen atoms in total. The van der Waals surface area contributed by atoms with Crippen LogP contribution in [0.15, 0.2) is 10.5 Å². The number of phenolic OH excluding ortho intramolecular Hbond substituents is 2. The van der Waals surface area contributed by atoms with Gasteiger partial charge >= 0.3 is 0 Å². The van der Waals surface area contributed by atoms with Crippen molar-refractivity contribution in [3.63, 3.8) is 0 Å². The maximum atomic E-state index is 9.77. The SMILES string of the molecule is CCCCCCCCNc1c(CC)cc(O)c(O)c1Br. The fourth-order valence-corrected chi connectivity index (χ4v) is 2.86. The number of phenols is 2. The normalized spacial score (nSPS) is 10.8. The van der Waals surface area contributed by atoms with E-state index < -0.39 is 0 Å². The van der Waals surface area contributed by atoms with Gasteiger partial charge in [-0.15, -0.1) is 0 Å². The summed E-state index contributed by atoms with van der Waals surface area (Å²) in [6.45, 7) is 5.15. The molecule has 0 amide bonds. The van der Waals surface area contributed by atoms with Crippen molar-refractivity contribution in [2.75, 3.05) is 11.9 Å². The van der Waals surface area contributed by atoms with Crippen LogP contribution in [0, 0.1) is 0 Å². The zero-order chi connectivity index (χ0) is 15.0. The highest BCUT2D eigenvalue weighted by Gasteiger charge is 2.14. The molecule has 0 bridgehead atoms. The molecule has 0 aliphatic carbocycles. The number of aromatic hydroxyl groups is 2. The molecule has 0 saturated heterocycles. The Labute approximate surface area is 130 Å². The van der Waals surface area contributed by atoms with Gasteiger partial charge in [0.1, 0.15) is 0 Å². The van der Waals surface area contributed by atoms with Crippen LogP contribution in [0.5, 0.6) is 11.5 Å². The summed E-state index contributed by atoms with van der Waals surface area (Å²) in [5.41, 5.74) is 1.91. The molecule has 114 valence electrons. The lowest BCUT2D eigenvalue weighted by atomic mass is 10.1. The minimum absolute atomic E-state index is 0.0705. The number of benzene rings is 1. The minimum Gasteiger partial charge on any atom is -0.504 e. The van der Waals surface area contributed by atoms with E-state index in [0.29, 0.717) is 4.47 Å². The summed E-state index contributed by atoms with van der Waals surface area (Å²) in [6.07, 6.45) is 8.38. The number of nitrogens with one attached hydrogen (secondary N) is 1. The van der Waals surface area contributed by atoms with Gasteiger partial charge in [0.15, 0.2) is 11.5 Å². The van der Waals surface area contributed by atoms with E-state index in [1.807, 2.05) is 6.92 Å². The van der Waals surface area contributed by atoms with Crippen molar-refractivity contribution in [3.8, 4) is 11.5 Å². The second-order valence-corrected chi connectivity index (χ2v) is 5.93. The van der Waals surface area contributed by atoms with Crippen molar-refractivity contribution in [2.24, 2.45) is 0 Å². The Kier molecular flexibility index (Phi) is 7.82. The van der Waals surface area contributed by atoms with Crippen LogP contribution in [0.2, 0.25) is 0 Å². The molecule has 1 aromatic rings. The molecular weight excluding hydrogens is 318 g/mol. The van der Waals surface area contributed by atoms with Crippen LogP contribution in [0.1, 0.15) is 57.9 Å². The summed E-state index contributed by atoms with van der Waals surface area (Å²) in [5, 5.41) is 22.8. The molecule has 0 aromatic heterocycles. The summed E-state index contributed by atoms with van der Waals surface area (Å²) in [4.78, 5) is 0. The number of halogens is 1. The van der Waals surface area contributed by atoms with Crippen molar-refractivity contribution in [1.29, 1.82) is 0 Å². The van der Waals surface area contributed by atoms with Gasteiger partial charge in [-0.2, -0.15) is 0 Å². The van der Waals surface area contributed by atoms with Crippen LogP contribution in [0.3, 0.4) is 0 Å². The highest BCUT2D eigenvalue weighted by atomic mass is 79.9. The van der Waals surface area contributed by atoms with Gasteiger partial charge in [0.25, 0.3) is 0 Å². The van der Waals surface area contributed by atoms with Crippen LogP contribution >= 0.6 is 15.9 Å². The lowest BCUT2D eigenvalue weighted by Crippen LogP contribution is -2.05. The fraction of sp³-hybridized carbons (Fsp3) is 0.625. The lowest BCUT2D eigenvalue weighted by molar-refractivity contribution is 0.401. The van der Waals surface area contributed by atoms with E-state index in [9.17, 15) is 10.2 Å². The van der Waals surface area contributed by atoms with E-state index in [0.717, 1.165) is 30.6 Å². The Bertz CT molecular complexity index is 421. The predicted octanol–water partition coefficient (Wildman–Crippen LogP) is 5.20. The molecule has 0 radical (unpaired) electrons. The Morgan fingerprint density at radius 1 is 1.05 bits per heavy atom. The van der Waals surface area contributed by atoms with E-state index in [1.165, 1.54) is 32.1 Å². The van der Waals surface area contributed by atoms with Gasteiger partial charge in [0.2, 0.25) is 0 Å². The molecule has 20 heavy (non-hydrogen) atoms. The van der Waals surface area contributed by atoms with E-state index in [4.69, 9.17) is 0 Å². The van der Waals surface area contributed by atoms with Crippen LogP contribution in [-0.4, -0.2) is 16.8 Å². The van der Waals surface area contributed by atoms with Gasteiger partial charge in [-0.05, 0) is 40.4 Å². The molecule has 0 spiro atoms. The third-order valence-corrected chi connectivity index (χ3v) is 4.29. The molecule has 4 heteroatoms. The Hall–Kier alpha value is -0.900. The largest absolute Gasteiger partial charge is 0.504 e. The summed E-state index contributed by atoms with van der Waals surface area (Å²) in [6, 6.07) is 1.63. The number of rotatable bonds is 9. The smallest absolute Gasteiger partial charge is 0.174 e. The molecule has 0 saturated carbocycles. The number of hydrogen-bond acceptors (Lipinski definition) is 3. The number of anilines is 1. The molecular formula is C16H26BrNO2. The third kappa shape index (κ3) is 4.89. The van der Waals surface area contributed by atoms with Crippen molar-refractivity contribution in [3.05, 3.63) is 16.1 Å². The maximum absolute atomic E-state index is 9.77. The molecule has 0 atom stereocenters. The Balaban J connectivity index is 2.49. The standard InChI is InChI=1S/C16H26BrNO2/c1-3-5-6-7-8-9-10-18-15-12(4-2)11-13(19)16(20)14(15)17/h11,18-20H,3-10H2,1-2H3. The van der Waals surface area contributed by atoms with Gasteiger partial charge in [-0.25, -0.2) is 0 Å². The van der Waals surface area contributed by atoms with E-state index in [-0.39, 0.29) is 11.5 Å². The molecule has 3 N–H and O–H groups in total. The van der Waals surface area contributed by atoms with Gasteiger partial charge < -0.3 is 15.5 Å². The molecule has 0 fully saturated rings. The first-order valence-corrected chi connectivity index (χ1v) is 8.38. The predicted molar refractivity (Wildman–Crippen MR) is 88.7 cm³/mol. The molecule has 0 aliphatic heterocycles. The van der Waals surface area contributed by atoms with Gasteiger partial charge in [0.05, 0.1) is 10.2 Å². The van der Waals surface area contributed by atoms with Gasteiger partial charge in [0, 0.05) is 6.54 Å². The summed E-state index contributed by atoms with van der Waals surface area (Å²) < 4.78 is 0.556. The lowest BCUT2D eigenvalue weighted by Gasteiger charge is -2.15. The fourth-order valence-electron chi connectivity index (χ4n) is 2.27. The molecule has 0 heterocycles. The highest BCUT2D eigenvalue weighted by Crippen LogP contribution is 2.41. The first-order valence-electron chi connectivity index (χ1n) is 7.58. The van der Waals surface area contributed by atoms with Crippen molar-refractivity contribution >= 4 is 21.6 Å². The summed E-state index contributed by atoms with van der Waals surface area (Å²) in [5.74, 6) is -0.161. The second kappa shape index (κ2) is 9.11. The van der Waals surface area contributed by atoms with Gasteiger partial charge in [-0.3, -0.25) is 0 Å². The minimum atomic E-state index is -0.0901. The molecule has 1 rings (SSSR count). The Morgan fingerprint density at radius 3 is 2.35 bits per heavy atom. The number of aryl methyl sites for hydroxylation is 1. The van der Waals surface area contributed by atoms with Crippen molar-refractivity contribution in [2.45, 2.75) is 58.8 Å². The summed E-state index contributed by atoms with van der Waals surface area (Å²) in [7, 11) is 0. The van der Waals surface area contributed by atoms with Crippen LogP contribution in [0.25, 0.3) is 0 Å². The van der Waals surface area contributed by atoms with E-state index in [2.05, 4.69) is 28.2 Å². The van der Waals surface area contributed by atoms with Gasteiger partial charge in [-0.1, -0.05) is 46.0 Å². The zero-order valence-corrected chi connectivity index (χ0v) is 14.1. The average Bonchev–Trinajstić information content (AvgIpc) is 2.45. The highest BCUT2D eigenvalue weighted by molar-refractivity contribution is 9.10. The average molecular weight is 344 g/mol. The van der Waals surface area contributed by atoms with Crippen molar-refractivity contribution in [1.82, 2.24) is 0 Å². The Morgan fingerprint density at radius 2 is 1.70 bits per heavy atom. The van der Waals surface area contributed by atoms with E-state index in [1.54, 1.807) is 6.07 Å². The summed E-state index contributed by atoms with van der Waals surface area (Å²) >= 11 is 3.35. The number of unbranched alkanes of at least 4 members (excludes halogenated alkanes) is 5. The number of hydrogen-bond donors (Lipinski definition) is 3. The second-order valence-electron chi connectivity index (χ2n) is 5.14. The molecule has 0 unspecified atom stereocenters. The van der Waals surface area contributed by atoms with Crippen LogP contribution < -0.4 is 5.32 Å². The van der Waals surface area contributed by atoms with Crippen LogP contribution in [0.4, 0.5) is 5.69 Å². The van der Waals surface area contributed by atoms with Crippen molar-refractivity contribution < 1.29 is 10.2 Å². The monoisotopic (exact) mass is 343 g/mol. The zero-order valence-electron chi connectivity index (χ0n) is 12.5. The molecule has 1 aromatic carbocycles.